The highest BCUT2D eigenvalue weighted by Gasteiger charge is 2.24. The Bertz CT molecular complexity index is 666. The van der Waals surface area contributed by atoms with Crippen LogP contribution in [0.15, 0.2) is 40.8 Å². The molecule has 1 aliphatic heterocycles. The summed E-state index contributed by atoms with van der Waals surface area (Å²) in [6.07, 6.45) is 1.97. The number of piperidine rings is 1. The molecular weight excluding hydrogens is 324 g/mol. The van der Waals surface area contributed by atoms with E-state index in [2.05, 4.69) is 36.6 Å². The van der Waals surface area contributed by atoms with E-state index >= 15 is 0 Å². The molecule has 1 saturated heterocycles. The second kappa shape index (κ2) is 8.36. The number of amides is 1. The lowest BCUT2D eigenvalue weighted by molar-refractivity contribution is 0.0887. The summed E-state index contributed by atoms with van der Waals surface area (Å²) in [4.78, 5) is 12.4. The van der Waals surface area contributed by atoms with Crippen LogP contribution in [0.2, 0.25) is 0 Å². The van der Waals surface area contributed by atoms with Crippen molar-refractivity contribution in [3.05, 3.63) is 47.7 Å². The molecule has 0 spiro atoms. The summed E-state index contributed by atoms with van der Waals surface area (Å²) in [5.41, 5.74) is 2.29. The summed E-state index contributed by atoms with van der Waals surface area (Å²) in [7, 11) is 0. The van der Waals surface area contributed by atoms with E-state index < -0.39 is 0 Å². The molecule has 0 saturated carbocycles. The number of benzene rings is 1. The quantitative estimate of drug-likeness (QED) is 0.886. The summed E-state index contributed by atoms with van der Waals surface area (Å²) in [5.74, 6) is 1.42. The SMILES string of the molecule is CCc1ccc(-c2ccc(C(=O)NC3CCNCC3C)o2)cc1.Cl. The zero-order valence-corrected chi connectivity index (χ0v) is 15.0. The Morgan fingerprint density at radius 3 is 2.67 bits per heavy atom. The molecule has 2 atom stereocenters. The largest absolute Gasteiger partial charge is 0.451 e. The van der Waals surface area contributed by atoms with Crippen molar-refractivity contribution in [1.29, 1.82) is 0 Å². The van der Waals surface area contributed by atoms with Gasteiger partial charge in [0.2, 0.25) is 0 Å². The number of hydrogen-bond donors (Lipinski definition) is 2. The monoisotopic (exact) mass is 348 g/mol. The van der Waals surface area contributed by atoms with Gasteiger partial charge in [-0.3, -0.25) is 4.79 Å². The molecule has 130 valence electrons. The highest BCUT2D eigenvalue weighted by molar-refractivity contribution is 5.92. The van der Waals surface area contributed by atoms with Gasteiger partial charge in [0.1, 0.15) is 5.76 Å². The summed E-state index contributed by atoms with van der Waals surface area (Å²) < 4.78 is 5.75. The van der Waals surface area contributed by atoms with Crippen molar-refractivity contribution in [2.45, 2.75) is 32.7 Å². The van der Waals surface area contributed by atoms with Gasteiger partial charge >= 0.3 is 0 Å². The van der Waals surface area contributed by atoms with Gasteiger partial charge in [0, 0.05) is 11.6 Å². The third kappa shape index (κ3) is 4.19. The molecule has 3 rings (SSSR count). The van der Waals surface area contributed by atoms with Crippen LogP contribution in [0.25, 0.3) is 11.3 Å². The molecule has 0 bridgehead atoms. The Morgan fingerprint density at radius 2 is 2.00 bits per heavy atom. The zero-order valence-electron chi connectivity index (χ0n) is 14.2. The van der Waals surface area contributed by atoms with Crippen molar-refractivity contribution < 1.29 is 9.21 Å². The van der Waals surface area contributed by atoms with E-state index in [0.29, 0.717) is 11.7 Å². The Hall–Kier alpha value is -1.78. The number of rotatable bonds is 4. The minimum atomic E-state index is -0.125. The maximum Gasteiger partial charge on any atom is 0.287 e. The van der Waals surface area contributed by atoms with Crippen LogP contribution < -0.4 is 10.6 Å². The molecule has 0 aliphatic carbocycles. The summed E-state index contributed by atoms with van der Waals surface area (Å²) in [5, 5.41) is 6.43. The Kier molecular flexibility index (Phi) is 6.46. The first-order valence-electron chi connectivity index (χ1n) is 8.38. The van der Waals surface area contributed by atoms with Crippen molar-refractivity contribution in [3.8, 4) is 11.3 Å². The Labute approximate surface area is 149 Å². The highest BCUT2D eigenvalue weighted by atomic mass is 35.5. The number of halogens is 1. The second-order valence-corrected chi connectivity index (χ2v) is 6.26. The number of nitrogens with one attached hydrogen (secondary N) is 2. The molecule has 2 N–H and O–H groups in total. The van der Waals surface area contributed by atoms with Gasteiger partial charge in [-0.25, -0.2) is 0 Å². The van der Waals surface area contributed by atoms with E-state index in [-0.39, 0.29) is 24.4 Å². The third-order valence-electron chi connectivity index (χ3n) is 4.58. The average Bonchev–Trinajstić information content (AvgIpc) is 3.07. The lowest BCUT2D eigenvalue weighted by atomic mass is 9.95. The smallest absolute Gasteiger partial charge is 0.287 e. The lowest BCUT2D eigenvalue weighted by Gasteiger charge is -2.29. The summed E-state index contributed by atoms with van der Waals surface area (Å²) in [6, 6.07) is 12.1. The third-order valence-corrected chi connectivity index (χ3v) is 4.58. The van der Waals surface area contributed by atoms with Crippen molar-refractivity contribution >= 4 is 18.3 Å². The van der Waals surface area contributed by atoms with E-state index in [0.717, 1.165) is 37.3 Å². The molecule has 1 aromatic heterocycles. The van der Waals surface area contributed by atoms with Gasteiger partial charge < -0.3 is 15.1 Å². The fourth-order valence-corrected chi connectivity index (χ4v) is 2.99. The van der Waals surface area contributed by atoms with Crippen molar-refractivity contribution in [1.82, 2.24) is 10.6 Å². The average molecular weight is 349 g/mol. The predicted octanol–water partition coefficient (Wildman–Crippen LogP) is 3.66. The minimum Gasteiger partial charge on any atom is -0.451 e. The molecular formula is C19H25ClN2O2. The van der Waals surface area contributed by atoms with Crippen LogP contribution in [-0.2, 0) is 6.42 Å². The molecule has 4 nitrogen and oxygen atoms in total. The second-order valence-electron chi connectivity index (χ2n) is 6.26. The van der Waals surface area contributed by atoms with Crippen LogP contribution in [0.1, 0.15) is 36.4 Å². The molecule has 2 unspecified atom stereocenters. The van der Waals surface area contributed by atoms with E-state index in [9.17, 15) is 4.79 Å². The topological polar surface area (TPSA) is 54.3 Å². The predicted molar refractivity (Wildman–Crippen MR) is 98.7 cm³/mol. The first-order chi connectivity index (χ1) is 11.2. The molecule has 5 heteroatoms. The number of furan rings is 1. The molecule has 2 heterocycles. The van der Waals surface area contributed by atoms with Gasteiger partial charge in [0.05, 0.1) is 0 Å². The van der Waals surface area contributed by atoms with E-state index in [1.807, 2.05) is 18.2 Å². The molecule has 1 fully saturated rings. The van der Waals surface area contributed by atoms with Gasteiger partial charge in [-0.1, -0.05) is 38.1 Å². The van der Waals surface area contributed by atoms with Crippen LogP contribution in [0.4, 0.5) is 0 Å². The maximum atomic E-state index is 12.4. The number of carbonyl (C=O) groups excluding carboxylic acids is 1. The number of aryl methyl sites for hydroxylation is 1. The Balaban J connectivity index is 0.00000208. The normalized spacial score (nSPS) is 20.2. The summed E-state index contributed by atoms with van der Waals surface area (Å²) in [6.45, 7) is 6.17. The maximum absolute atomic E-state index is 12.4. The number of hydrogen-bond acceptors (Lipinski definition) is 3. The van der Waals surface area contributed by atoms with Crippen molar-refractivity contribution in [3.63, 3.8) is 0 Å². The van der Waals surface area contributed by atoms with Gasteiger partial charge in [0.15, 0.2) is 5.76 Å². The minimum absolute atomic E-state index is 0. The fourth-order valence-electron chi connectivity index (χ4n) is 2.99. The molecule has 1 aromatic carbocycles. The Morgan fingerprint density at radius 1 is 1.25 bits per heavy atom. The van der Waals surface area contributed by atoms with Gasteiger partial charge in [0.25, 0.3) is 5.91 Å². The molecule has 1 aliphatic rings. The standard InChI is InChI=1S/C19H24N2O2.ClH/c1-3-14-4-6-15(7-5-14)17-8-9-18(23-17)19(22)21-16-10-11-20-12-13(16)2;/h4-9,13,16,20H,3,10-12H2,1-2H3,(H,21,22);1H. The van der Waals surface area contributed by atoms with Gasteiger partial charge in [-0.05, 0) is 49.5 Å². The van der Waals surface area contributed by atoms with E-state index in [1.165, 1.54) is 5.56 Å². The molecule has 0 radical (unpaired) electrons. The molecule has 2 aromatic rings. The van der Waals surface area contributed by atoms with E-state index in [1.54, 1.807) is 6.07 Å². The lowest BCUT2D eigenvalue weighted by Crippen LogP contribution is -2.48. The first-order valence-corrected chi connectivity index (χ1v) is 8.38. The van der Waals surface area contributed by atoms with Crippen LogP contribution in [-0.4, -0.2) is 25.0 Å². The molecule has 1 amide bonds. The highest BCUT2D eigenvalue weighted by Crippen LogP contribution is 2.23. The molecule has 24 heavy (non-hydrogen) atoms. The van der Waals surface area contributed by atoms with Crippen LogP contribution in [0.3, 0.4) is 0 Å². The van der Waals surface area contributed by atoms with Crippen LogP contribution in [0, 0.1) is 5.92 Å². The van der Waals surface area contributed by atoms with Crippen molar-refractivity contribution in [2.75, 3.05) is 13.1 Å². The van der Waals surface area contributed by atoms with Gasteiger partial charge in [-0.2, -0.15) is 0 Å². The first kappa shape index (κ1) is 18.6. The van der Waals surface area contributed by atoms with Crippen molar-refractivity contribution in [2.24, 2.45) is 5.92 Å². The zero-order chi connectivity index (χ0) is 16.2. The fraction of sp³-hybridized carbons (Fsp3) is 0.421. The van der Waals surface area contributed by atoms with Crippen LogP contribution >= 0.6 is 12.4 Å². The number of carbonyl (C=O) groups is 1. The van der Waals surface area contributed by atoms with Crippen LogP contribution in [0.5, 0.6) is 0 Å². The summed E-state index contributed by atoms with van der Waals surface area (Å²) >= 11 is 0. The van der Waals surface area contributed by atoms with E-state index in [4.69, 9.17) is 4.42 Å². The van der Waals surface area contributed by atoms with Gasteiger partial charge in [-0.15, -0.1) is 12.4 Å².